The number of carbonyl (C=O) groups excluding carboxylic acids is 1. The number of rotatable bonds is 5. The largest absolute Gasteiger partial charge is 0.394 e. The fourth-order valence-corrected chi connectivity index (χ4v) is 3.51. The molecule has 5 heteroatoms. The molecule has 25 heavy (non-hydrogen) atoms. The lowest BCUT2D eigenvalue weighted by Gasteiger charge is -2.29. The maximum Gasteiger partial charge on any atom is 0.316 e. The van der Waals surface area contributed by atoms with Gasteiger partial charge in [-0.2, -0.15) is 0 Å². The molecular formula is C20H25N3O2. The average molecular weight is 339 g/mol. The number of aliphatic hydroxyl groups excluding tert-OH is 1. The van der Waals surface area contributed by atoms with E-state index in [2.05, 4.69) is 21.7 Å². The van der Waals surface area contributed by atoms with Crippen LogP contribution in [0.5, 0.6) is 0 Å². The van der Waals surface area contributed by atoms with Gasteiger partial charge in [-0.15, -0.1) is 0 Å². The molecule has 0 saturated heterocycles. The highest BCUT2D eigenvalue weighted by atomic mass is 16.3. The van der Waals surface area contributed by atoms with E-state index >= 15 is 0 Å². The summed E-state index contributed by atoms with van der Waals surface area (Å²) in [5.74, 6) is 0. The van der Waals surface area contributed by atoms with Crippen molar-refractivity contribution in [1.82, 2.24) is 15.6 Å². The highest BCUT2D eigenvalue weighted by Gasteiger charge is 2.35. The van der Waals surface area contributed by atoms with E-state index in [9.17, 15) is 9.90 Å². The van der Waals surface area contributed by atoms with Crippen LogP contribution in [0.2, 0.25) is 0 Å². The van der Waals surface area contributed by atoms with Crippen LogP contribution in [-0.4, -0.2) is 28.3 Å². The Bertz CT molecular complexity index is 712. The van der Waals surface area contributed by atoms with Gasteiger partial charge in [0.1, 0.15) is 0 Å². The van der Waals surface area contributed by atoms with Gasteiger partial charge in [0.25, 0.3) is 0 Å². The van der Waals surface area contributed by atoms with E-state index in [1.54, 1.807) is 6.20 Å². The third-order valence-electron chi connectivity index (χ3n) is 4.88. The Hall–Kier alpha value is -2.40. The molecule has 3 N–H and O–H groups in total. The van der Waals surface area contributed by atoms with Crippen LogP contribution in [0, 0.1) is 6.92 Å². The standard InChI is InChI=1S/C20H25N3O2/c1-15-7-6-8-16(13-15)18(17-9-2-5-12-21-17)22-19(25)23-20(14-24)10-3-4-11-20/h2,5-9,12-13,18,24H,3-4,10-11,14H2,1H3,(H2,22,23,25). The molecule has 1 aliphatic carbocycles. The number of benzene rings is 1. The van der Waals surface area contributed by atoms with E-state index in [1.807, 2.05) is 43.3 Å². The van der Waals surface area contributed by atoms with Crippen molar-refractivity contribution >= 4 is 6.03 Å². The van der Waals surface area contributed by atoms with Gasteiger partial charge in [-0.3, -0.25) is 4.98 Å². The van der Waals surface area contributed by atoms with Crippen LogP contribution in [-0.2, 0) is 0 Å². The molecule has 1 unspecified atom stereocenters. The summed E-state index contributed by atoms with van der Waals surface area (Å²) in [5, 5.41) is 15.8. The maximum atomic E-state index is 12.6. The number of aromatic nitrogens is 1. The Labute approximate surface area is 148 Å². The summed E-state index contributed by atoms with van der Waals surface area (Å²) in [4.78, 5) is 17.1. The molecule has 3 rings (SSSR count). The van der Waals surface area contributed by atoms with Gasteiger partial charge in [0.15, 0.2) is 0 Å². The Balaban J connectivity index is 1.81. The van der Waals surface area contributed by atoms with E-state index < -0.39 is 5.54 Å². The van der Waals surface area contributed by atoms with Gasteiger partial charge in [-0.05, 0) is 37.5 Å². The molecule has 1 saturated carbocycles. The monoisotopic (exact) mass is 339 g/mol. The molecule has 132 valence electrons. The summed E-state index contributed by atoms with van der Waals surface area (Å²) >= 11 is 0. The number of urea groups is 1. The molecule has 1 aromatic carbocycles. The Morgan fingerprint density at radius 1 is 1.24 bits per heavy atom. The smallest absolute Gasteiger partial charge is 0.316 e. The van der Waals surface area contributed by atoms with E-state index in [4.69, 9.17) is 0 Å². The first-order valence-corrected chi connectivity index (χ1v) is 8.79. The first kappa shape index (κ1) is 17.4. The Kier molecular flexibility index (Phi) is 5.34. The van der Waals surface area contributed by atoms with Gasteiger partial charge >= 0.3 is 6.03 Å². The number of pyridine rings is 1. The van der Waals surface area contributed by atoms with Gasteiger partial charge in [-0.1, -0.05) is 48.7 Å². The van der Waals surface area contributed by atoms with Crippen LogP contribution in [0.3, 0.4) is 0 Å². The highest BCUT2D eigenvalue weighted by molar-refractivity contribution is 5.76. The number of carbonyl (C=O) groups is 1. The normalized spacial score (nSPS) is 17.0. The fraction of sp³-hybridized carbons (Fsp3) is 0.400. The minimum atomic E-state index is -0.495. The molecule has 0 aliphatic heterocycles. The molecule has 5 nitrogen and oxygen atoms in total. The number of aliphatic hydroxyl groups is 1. The number of hydrogen-bond acceptors (Lipinski definition) is 3. The molecular weight excluding hydrogens is 314 g/mol. The number of nitrogens with one attached hydrogen (secondary N) is 2. The summed E-state index contributed by atoms with van der Waals surface area (Å²) in [7, 11) is 0. The van der Waals surface area contributed by atoms with Gasteiger partial charge in [0.05, 0.1) is 23.9 Å². The predicted octanol–water partition coefficient (Wildman–Crippen LogP) is 3.08. The van der Waals surface area contributed by atoms with Crippen LogP contribution in [0.4, 0.5) is 4.79 Å². The summed E-state index contributed by atoms with van der Waals surface area (Å²) < 4.78 is 0. The highest BCUT2D eigenvalue weighted by Crippen LogP contribution is 2.29. The number of hydrogen-bond donors (Lipinski definition) is 3. The molecule has 0 radical (unpaired) electrons. The quantitative estimate of drug-likeness (QED) is 0.784. The van der Waals surface area contributed by atoms with Crippen molar-refractivity contribution in [3.8, 4) is 0 Å². The second-order valence-electron chi connectivity index (χ2n) is 6.85. The van der Waals surface area contributed by atoms with Crippen LogP contribution in [0.1, 0.15) is 48.5 Å². The molecule has 2 amide bonds. The van der Waals surface area contributed by atoms with Crippen LogP contribution < -0.4 is 10.6 Å². The first-order chi connectivity index (χ1) is 12.1. The third-order valence-corrected chi connectivity index (χ3v) is 4.88. The van der Waals surface area contributed by atoms with Crippen molar-refractivity contribution in [3.05, 3.63) is 65.5 Å². The number of nitrogens with zero attached hydrogens (tertiary/aromatic N) is 1. The van der Waals surface area contributed by atoms with Crippen LogP contribution >= 0.6 is 0 Å². The fourth-order valence-electron chi connectivity index (χ4n) is 3.51. The lowest BCUT2D eigenvalue weighted by Crippen LogP contribution is -2.53. The second-order valence-corrected chi connectivity index (χ2v) is 6.85. The molecule has 1 heterocycles. The molecule has 1 atom stereocenters. The summed E-state index contributed by atoms with van der Waals surface area (Å²) in [6.07, 6.45) is 5.42. The minimum Gasteiger partial charge on any atom is -0.394 e. The van der Waals surface area contributed by atoms with Gasteiger partial charge in [0, 0.05) is 6.20 Å². The molecule has 1 fully saturated rings. The molecule has 2 aromatic rings. The Morgan fingerprint density at radius 3 is 2.68 bits per heavy atom. The molecule has 1 aromatic heterocycles. The van der Waals surface area contributed by atoms with Crippen molar-refractivity contribution in [2.45, 2.75) is 44.2 Å². The number of amides is 2. The van der Waals surface area contributed by atoms with E-state index in [-0.39, 0.29) is 18.7 Å². The van der Waals surface area contributed by atoms with E-state index in [0.29, 0.717) is 0 Å². The maximum absolute atomic E-state index is 12.6. The van der Waals surface area contributed by atoms with E-state index in [0.717, 1.165) is 42.5 Å². The lowest BCUT2D eigenvalue weighted by atomic mass is 9.99. The summed E-state index contributed by atoms with van der Waals surface area (Å²) in [6.45, 7) is 2.00. The van der Waals surface area contributed by atoms with Crippen molar-refractivity contribution < 1.29 is 9.90 Å². The average Bonchev–Trinajstić information content (AvgIpc) is 3.09. The van der Waals surface area contributed by atoms with Crippen LogP contribution in [0.15, 0.2) is 48.7 Å². The van der Waals surface area contributed by atoms with Gasteiger partial charge < -0.3 is 15.7 Å². The zero-order valence-corrected chi connectivity index (χ0v) is 14.5. The molecule has 0 bridgehead atoms. The van der Waals surface area contributed by atoms with Crippen molar-refractivity contribution in [2.24, 2.45) is 0 Å². The van der Waals surface area contributed by atoms with E-state index in [1.165, 1.54) is 0 Å². The zero-order chi connectivity index (χ0) is 17.7. The van der Waals surface area contributed by atoms with Crippen LogP contribution in [0.25, 0.3) is 0 Å². The minimum absolute atomic E-state index is 0.0287. The second kappa shape index (κ2) is 7.66. The first-order valence-electron chi connectivity index (χ1n) is 8.79. The van der Waals surface area contributed by atoms with Gasteiger partial charge in [-0.25, -0.2) is 4.79 Å². The zero-order valence-electron chi connectivity index (χ0n) is 14.5. The predicted molar refractivity (Wildman–Crippen MR) is 97.2 cm³/mol. The summed E-state index contributed by atoms with van der Waals surface area (Å²) in [6, 6.07) is 13.1. The summed E-state index contributed by atoms with van der Waals surface area (Å²) in [5.41, 5.74) is 2.40. The Morgan fingerprint density at radius 2 is 2.04 bits per heavy atom. The van der Waals surface area contributed by atoms with Crippen molar-refractivity contribution in [2.75, 3.05) is 6.61 Å². The number of aryl methyl sites for hydroxylation is 1. The van der Waals surface area contributed by atoms with Gasteiger partial charge in [0.2, 0.25) is 0 Å². The SMILES string of the molecule is Cc1cccc(C(NC(=O)NC2(CO)CCCC2)c2ccccn2)c1. The molecule has 0 spiro atoms. The van der Waals surface area contributed by atoms with Crippen molar-refractivity contribution in [3.63, 3.8) is 0 Å². The third kappa shape index (κ3) is 4.17. The molecule has 1 aliphatic rings. The topological polar surface area (TPSA) is 74.2 Å². The van der Waals surface area contributed by atoms with Crippen molar-refractivity contribution in [1.29, 1.82) is 0 Å². The lowest BCUT2D eigenvalue weighted by molar-refractivity contribution is 0.162.